The van der Waals surface area contributed by atoms with Crippen LogP contribution in [0.2, 0.25) is 0 Å². The maximum atomic E-state index is 12.5. The van der Waals surface area contributed by atoms with Crippen molar-refractivity contribution in [1.29, 1.82) is 0 Å². The van der Waals surface area contributed by atoms with Gasteiger partial charge in [0.15, 0.2) is 0 Å². The third kappa shape index (κ3) is 2.10. The number of alkyl halides is 3. The summed E-state index contributed by atoms with van der Waals surface area (Å²) in [6, 6.07) is 0.459. The second kappa shape index (κ2) is 4.24. The highest BCUT2D eigenvalue weighted by Gasteiger charge is 2.44. The topological polar surface area (TPSA) is 54.7 Å². The first-order chi connectivity index (χ1) is 8.97. The van der Waals surface area contributed by atoms with Gasteiger partial charge in [0, 0.05) is 6.54 Å². The normalized spacial score (nSPS) is 28.3. The predicted molar refractivity (Wildman–Crippen MR) is 55.9 cm³/mol. The van der Waals surface area contributed by atoms with Crippen molar-refractivity contribution in [2.45, 2.75) is 18.4 Å². The predicted octanol–water partition coefficient (Wildman–Crippen LogP) is 1.13. The standard InChI is InChI=1S/C11H11F3N2O3/c12-11(13,14)6-3-8(19-4-6)9-15-10(17)7-5-18-2-1-16(7)9/h3-4,7,9H,1-2,5H2,(H,15,17)/t7-,9?/m1/s1. The molecule has 1 N–H and O–H groups in total. The summed E-state index contributed by atoms with van der Waals surface area (Å²) in [5.74, 6) is -0.167. The molecule has 2 fully saturated rings. The second-order valence-corrected chi connectivity index (χ2v) is 4.48. The molecule has 1 unspecified atom stereocenters. The van der Waals surface area contributed by atoms with Crippen LogP contribution in [-0.4, -0.2) is 36.6 Å². The van der Waals surface area contributed by atoms with Crippen LogP contribution < -0.4 is 5.32 Å². The van der Waals surface area contributed by atoms with E-state index in [0.717, 1.165) is 6.07 Å². The molecular formula is C11H11F3N2O3. The smallest absolute Gasteiger partial charge is 0.419 e. The Hall–Kier alpha value is -1.54. The highest BCUT2D eigenvalue weighted by Crippen LogP contribution is 2.35. The molecule has 2 saturated heterocycles. The first kappa shape index (κ1) is 12.5. The molecule has 1 aromatic rings. The Morgan fingerprint density at radius 2 is 2.21 bits per heavy atom. The molecule has 0 aromatic carbocycles. The van der Waals surface area contributed by atoms with E-state index in [9.17, 15) is 18.0 Å². The van der Waals surface area contributed by atoms with E-state index in [0.29, 0.717) is 19.4 Å². The Kier molecular flexibility index (Phi) is 2.79. The summed E-state index contributed by atoms with van der Waals surface area (Å²) in [5.41, 5.74) is -0.853. The Morgan fingerprint density at radius 1 is 1.42 bits per heavy atom. The molecule has 8 heteroatoms. The van der Waals surface area contributed by atoms with Gasteiger partial charge >= 0.3 is 6.18 Å². The van der Waals surface area contributed by atoms with Gasteiger partial charge in [-0.1, -0.05) is 0 Å². The van der Waals surface area contributed by atoms with Gasteiger partial charge in [-0.2, -0.15) is 13.2 Å². The number of nitrogens with one attached hydrogen (secondary N) is 1. The molecule has 0 spiro atoms. The number of morpholine rings is 1. The summed E-state index contributed by atoms with van der Waals surface area (Å²) in [4.78, 5) is 13.5. The summed E-state index contributed by atoms with van der Waals surface area (Å²) in [6.07, 6.45) is -4.44. The lowest BCUT2D eigenvalue weighted by atomic mass is 10.2. The number of halogens is 3. The Bertz CT molecular complexity index is 500. The SMILES string of the molecule is O=C1NC(c2cc(C(F)(F)F)co2)N2CCOC[C@H]12. The van der Waals surface area contributed by atoms with Gasteiger partial charge in [0.05, 0.1) is 18.8 Å². The summed E-state index contributed by atoms with van der Waals surface area (Å²) >= 11 is 0. The van der Waals surface area contributed by atoms with Crippen molar-refractivity contribution in [2.75, 3.05) is 19.8 Å². The second-order valence-electron chi connectivity index (χ2n) is 4.48. The van der Waals surface area contributed by atoms with Crippen molar-refractivity contribution in [1.82, 2.24) is 10.2 Å². The molecule has 5 nitrogen and oxygen atoms in total. The minimum atomic E-state index is -4.45. The van der Waals surface area contributed by atoms with E-state index in [1.165, 1.54) is 0 Å². The van der Waals surface area contributed by atoms with Crippen LogP contribution in [0.15, 0.2) is 16.7 Å². The lowest BCUT2D eigenvalue weighted by molar-refractivity contribution is -0.138. The van der Waals surface area contributed by atoms with Gasteiger partial charge in [-0.25, -0.2) is 0 Å². The van der Waals surface area contributed by atoms with Crippen molar-refractivity contribution in [3.63, 3.8) is 0 Å². The zero-order valence-corrected chi connectivity index (χ0v) is 9.74. The number of carbonyl (C=O) groups is 1. The fourth-order valence-corrected chi connectivity index (χ4v) is 2.35. The lowest BCUT2D eigenvalue weighted by Gasteiger charge is -2.30. The first-order valence-corrected chi connectivity index (χ1v) is 5.76. The molecule has 0 saturated carbocycles. The van der Waals surface area contributed by atoms with Crippen LogP contribution in [0.1, 0.15) is 17.5 Å². The Balaban J connectivity index is 1.86. The van der Waals surface area contributed by atoms with Crippen molar-refractivity contribution in [3.8, 4) is 0 Å². The number of amides is 1. The van der Waals surface area contributed by atoms with Gasteiger partial charge in [0.1, 0.15) is 24.2 Å². The number of hydrogen-bond donors (Lipinski definition) is 1. The minimum Gasteiger partial charge on any atom is -0.465 e. The van der Waals surface area contributed by atoms with Crippen LogP contribution in [0, 0.1) is 0 Å². The number of ether oxygens (including phenoxy) is 1. The van der Waals surface area contributed by atoms with E-state index in [2.05, 4.69) is 5.32 Å². The van der Waals surface area contributed by atoms with E-state index in [-0.39, 0.29) is 18.3 Å². The lowest BCUT2D eigenvalue weighted by Crippen LogP contribution is -2.44. The van der Waals surface area contributed by atoms with Crippen LogP contribution in [0.5, 0.6) is 0 Å². The van der Waals surface area contributed by atoms with Crippen molar-refractivity contribution < 1.29 is 27.1 Å². The third-order valence-electron chi connectivity index (χ3n) is 3.30. The minimum absolute atomic E-state index is 0.0880. The molecule has 3 rings (SSSR count). The zero-order valence-electron chi connectivity index (χ0n) is 9.74. The van der Waals surface area contributed by atoms with Gasteiger partial charge < -0.3 is 14.5 Å². The third-order valence-corrected chi connectivity index (χ3v) is 3.30. The highest BCUT2D eigenvalue weighted by molar-refractivity contribution is 5.84. The van der Waals surface area contributed by atoms with Crippen LogP contribution >= 0.6 is 0 Å². The fraction of sp³-hybridized carbons (Fsp3) is 0.545. The van der Waals surface area contributed by atoms with Gasteiger partial charge in [0.2, 0.25) is 5.91 Å². The quantitative estimate of drug-likeness (QED) is 0.835. The number of fused-ring (bicyclic) bond motifs is 1. The van der Waals surface area contributed by atoms with E-state index < -0.39 is 23.9 Å². The number of furan rings is 1. The van der Waals surface area contributed by atoms with Gasteiger partial charge in [-0.3, -0.25) is 9.69 Å². The van der Waals surface area contributed by atoms with E-state index in [1.54, 1.807) is 4.90 Å². The van der Waals surface area contributed by atoms with Gasteiger partial charge in [-0.05, 0) is 6.07 Å². The Labute approximate surface area is 106 Å². The molecule has 19 heavy (non-hydrogen) atoms. The summed E-state index contributed by atoms with van der Waals surface area (Å²) < 4.78 is 47.7. The number of nitrogens with zero attached hydrogens (tertiary/aromatic N) is 1. The van der Waals surface area contributed by atoms with Crippen molar-refractivity contribution in [3.05, 3.63) is 23.7 Å². The van der Waals surface area contributed by atoms with Crippen LogP contribution in [0.25, 0.3) is 0 Å². The highest BCUT2D eigenvalue weighted by atomic mass is 19.4. The monoisotopic (exact) mass is 276 g/mol. The van der Waals surface area contributed by atoms with Crippen LogP contribution in [0.3, 0.4) is 0 Å². The van der Waals surface area contributed by atoms with Gasteiger partial charge in [-0.15, -0.1) is 0 Å². The molecule has 3 heterocycles. The van der Waals surface area contributed by atoms with Crippen LogP contribution in [-0.2, 0) is 15.7 Å². The number of hydrogen-bond acceptors (Lipinski definition) is 4. The molecule has 0 aliphatic carbocycles. The molecule has 104 valence electrons. The van der Waals surface area contributed by atoms with E-state index in [4.69, 9.17) is 9.15 Å². The van der Waals surface area contributed by atoms with Crippen LogP contribution in [0.4, 0.5) is 13.2 Å². The average Bonchev–Trinajstić information content (AvgIpc) is 2.94. The number of carbonyl (C=O) groups excluding carboxylic acids is 1. The van der Waals surface area contributed by atoms with E-state index in [1.807, 2.05) is 0 Å². The molecular weight excluding hydrogens is 265 g/mol. The maximum Gasteiger partial charge on any atom is 0.419 e. The Morgan fingerprint density at radius 3 is 2.89 bits per heavy atom. The summed E-state index contributed by atoms with van der Waals surface area (Å²) in [5, 5.41) is 2.62. The summed E-state index contributed by atoms with van der Waals surface area (Å²) in [7, 11) is 0. The molecule has 2 atom stereocenters. The maximum absolute atomic E-state index is 12.5. The zero-order chi connectivity index (χ0) is 13.6. The summed E-state index contributed by atoms with van der Waals surface area (Å²) in [6.45, 7) is 1.15. The largest absolute Gasteiger partial charge is 0.465 e. The molecule has 2 aliphatic rings. The fourth-order valence-electron chi connectivity index (χ4n) is 2.35. The molecule has 0 radical (unpaired) electrons. The van der Waals surface area contributed by atoms with Crippen molar-refractivity contribution in [2.24, 2.45) is 0 Å². The molecule has 1 amide bonds. The molecule has 1 aromatic heterocycles. The van der Waals surface area contributed by atoms with Crippen molar-refractivity contribution >= 4 is 5.91 Å². The first-order valence-electron chi connectivity index (χ1n) is 5.76. The van der Waals surface area contributed by atoms with E-state index >= 15 is 0 Å². The molecule has 2 aliphatic heterocycles. The van der Waals surface area contributed by atoms with Gasteiger partial charge in [0.25, 0.3) is 0 Å². The average molecular weight is 276 g/mol. The number of rotatable bonds is 1. The molecule has 0 bridgehead atoms.